The average Bonchev–Trinajstić information content (AvgIpc) is 3.20. The first-order valence-corrected chi connectivity index (χ1v) is 10.8. The third-order valence-electron chi connectivity index (χ3n) is 3.95. The molecule has 1 unspecified atom stereocenters. The number of hydrogen-bond acceptors (Lipinski definition) is 4. The molecule has 0 aliphatic carbocycles. The Balaban J connectivity index is 1.93. The van der Waals surface area contributed by atoms with E-state index in [2.05, 4.69) is 10.0 Å². The Hall–Kier alpha value is -2.19. The highest BCUT2D eigenvalue weighted by molar-refractivity contribution is 7.91. The third kappa shape index (κ3) is 4.56. The summed E-state index contributed by atoms with van der Waals surface area (Å²) in [6.45, 7) is 1.78. The number of thiophene rings is 1. The van der Waals surface area contributed by atoms with E-state index in [9.17, 15) is 13.2 Å². The standard InChI is InChI=1S/C19H17ClN2O3S2/c1-13-15(20)9-5-10-16(13)21-19(23)18(14-7-3-2-4-8-14)22-27(24,25)17-11-6-12-26-17/h2-12,18,22H,1H3,(H,21,23). The van der Waals surface area contributed by atoms with Crippen LogP contribution in [-0.2, 0) is 14.8 Å². The van der Waals surface area contributed by atoms with Crippen molar-refractivity contribution in [3.05, 3.63) is 82.2 Å². The first-order chi connectivity index (χ1) is 12.9. The molecular formula is C19H17ClN2O3S2. The summed E-state index contributed by atoms with van der Waals surface area (Å²) in [5.41, 5.74) is 1.78. The van der Waals surface area contributed by atoms with Crippen LogP contribution in [-0.4, -0.2) is 14.3 Å². The zero-order chi connectivity index (χ0) is 19.4. The van der Waals surface area contributed by atoms with Crippen molar-refractivity contribution in [2.75, 3.05) is 5.32 Å². The maximum absolute atomic E-state index is 12.9. The minimum absolute atomic E-state index is 0.148. The molecular weight excluding hydrogens is 404 g/mol. The van der Waals surface area contributed by atoms with Crippen molar-refractivity contribution in [2.24, 2.45) is 0 Å². The second kappa shape index (κ2) is 8.22. The van der Waals surface area contributed by atoms with Gasteiger partial charge in [0.15, 0.2) is 0 Å². The fraction of sp³-hybridized carbons (Fsp3) is 0.105. The molecule has 5 nitrogen and oxygen atoms in total. The van der Waals surface area contributed by atoms with Crippen LogP contribution in [0.15, 0.2) is 70.3 Å². The van der Waals surface area contributed by atoms with Gasteiger partial charge in [-0.1, -0.05) is 54.1 Å². The molecule has 1 amide bonds. The quantitative estimate of drug-likeness (QED) is 0.621. The summed E-state index contributed by atoms with van der Waals surface area (Å²) in [6.07, 6.45) is 0. The number of halogens is 1. The van der Waals surface area contributed by atoms with Gasteiger partial charge in [-0.3, -0.25) is 4.79 Å². The molecule has 0 radical (unpaired) electrons. The number of carbonyl (C=O) groups excluding carboxylic acids is 1. The molecule has 3 rings (SSSR count). The van der Waals surface area contributed by atoms with E-state index >= 15 is 0 Å². The summed E-state index contributed by atoms with van der Waals surface area (Å²) in [5, 5.41) is 4.96. The van der Waals surface area contributed by atoms with E-state index in [-0.39, 0.29) is 4.21 Å². The molecule has 1 heterocycles. The maximum atomic E-state index is 12.9. The Morgan fingerprint density at radius 2 is 1.78 bits per heavy atom. The van der Waals surface area contributed by atoms with Gasteiger partial charge in [0.1, 0.15) is 10.3 Å². The summed E-state index contributed by atoms with van der Waals surface area (Å²) in [7, 11) is -3.84. The van der Waals surface area contributed by atoms with Gasteiger partial charge in [-0.05, 0) is 41.6 Å². The fourth-order valence-electron chi connectivity index (χ4n) is 2.50. The molecule has 0 aliphatic rings. The molecule has 0 spiro atoms. The van der Waals surface area contributed by atoms with Crippen LogP contribution in [0.1, 0.15) is 17.2 Å². The molecule has 0 saturated carbocycles. The van der Waals surface area contributed by atoms with Gasteiger partial charge in [0.05, 0.1) is 0 Å². The lowest BCUT2D eigenvalue weighted by atomic mass is 10.1. The lowest BCUT2D eigenvalue weighted by molar-refractivity contribution is -0.117. The molecule has 8 heteroatoms. The second-order valence-electron chi connectivity index (χ2n) is 5.80. The summed E-state index contributed by atoms with van der Waals surface area (Å²) in [5.74, 6) is -0.494. The van der Waals surface area contributed by atoms with E-state index in [1.165, 1.54) is 6.07 Å². The normalized spacial score (nSPS) is 12.5. The van der Waals surface area contributed by atoms with Gasteiger partial charge in [0, 0.05) is 10.7 Å². The van der Waals surface area contributed by atoms with E-state index in [1.807, 2.05) is 0 Å². The van der Waals surface area contributed by atoms with Crippen LogP contribution in [0.5, 0.6) is 0 Å². The van der Waals surface area contributed by atoms with Crippen molar-refractivity contribution in [3.8, 4) is 0 Å². The molecule has 2 N–H and O–H groups in total. The Morgan fingerprint density at radius 1 is 1.04 bits per heavy atom. The van der Waals surface area contributed by atoms with Crippen LogP contribution in [0.25, 0.3) is 0 Å². The molecule has 3 aromatic rings. The highest BCUT2D eigenvalue weighted by Crippen LogP contribution is 2.26. The summed E-state index contributed by atoms with van der Waals surface area (Å²) < 4.78 is 28.0. The van der Waals surface area contributed by atoms with E-state index in [0.29, 0.717) is 21.8 Å². The van der Waals surface area contributed by atoms with Gasteiger partial charge in [-0.25, -0.2) is 8.42 Å². The van der Waals surface area contributed by atoms with Crippen LogP contribution in [0, 0.1) is 6.92 Å². The van der Waals surface area contributed by atoms with Crippen LogP contribution < -0.4 is 10.0 Å². The molecule has 2 aromatic carbocycles. The highest BCUT2D eigenvalue weighted by atomic mass is 35.5. The van der Waals surface area contributed by atoms with Crippen molar-refractivity contribution in [1.82, 2.24) is 4.72 Å². The third-order valence-corrected chi connectivity index (χ3v) is 7.18. The molecule has 0 aliphatic heterocycles. The molecule has 0 bridgehead atoms. The molecule has 0 saturated heterocycles. The van der Waals surface area contributed by atoms with Crippen molar-refractivity contribution in [1.29, 1.82) is 0 Å². The van der Waals surface area contributed by atoms with Crippen molar-refractivity contribution >= 4 is 44.6 Å². The number of hydrogen-bond donors (Lipinski definition) is 2. The Kier molecular flexibility index (Phi) is 5.96. The number of rotatable bonds is 6. The molecule has 1 aromatic heterocycles. The van der Waals surface area contributed by atoms with Crippen molar-refractivity contribution < 1.29 is 13.2 Å². The molecule has 27 heavy (non-hydrogen) atoms. The smallest absolute Gasteiger partial charge is 0.251 e. The van der Waals surface area contributed by atoms with Gasteiger partial charge >= 0.3 is 0 Å². The Morgan fingerprint density at radius 3 is 2.44 bits per heavy atom. The monoisotopic (exact) mass is 420 g/mol. The van der Waals surface area contributed by atoms with Gasteiger partial charge in [0.25, 0.3) is 10.0 Å². The molecule has 0 fully saturated rings. The Bertz CT molecular complexity index is 1040. The summed E-state index contributed by atoms with van der Waals surface area (Å²) in [6, 6.07) is 15.9. The van der Waals surface area contributed by atoms with Gasteiger partial charge in [0.2, 0.25) is 5.91 Å². The van der Waals surface area contributed by atoms with Crippen molar-refractivity contribution in [2.45, 2.75) is 17.2 Å². The van der Waals surface area contributed by atoms with Gasteiger partial charge in [-0.2, -0.15) is 4.72 Å². The number of benzene rings is 2. The van der Waals surface area contributed by atoms with Crippen LogP contribution in [0.3, 0.4) is 0 Å². The topological polar surface area (TPSA) is 75.3 Å². The van der Waals surface area contributed by atoms with Crippen LogP contribution in [0.2, 0.25) is 5.02 Å². The minimum Gasteiger partial charge on any atom is -0.324 e. The van der Waals surface area contributed by atoms with Gasteiger partial charge < -0.3 is 5.32 Å². The number of amides is 1. The first-order valence-electron chi connectivity index (χ1n) is 8.05. The number of nitrogens with one attached hydrogen (secondary N) is 2. The zero-order valence-electron chi connectivity index (χ0n) is 14.3. The predicted octanol–water partition coefficient (Wildman–Crippen LogP) is 4.37. The van der Waals surface area contributed by atoms with Gasteiger partial charge in [-0.15, -0.1) is 11.3 Å². The molecule has 1 atom stereocenters. The maximum Gasteiger partial charge on any atom is 0.251 e. The SMILES string of the molecule is Cc1c(Cl)cccc1NC(=O)C(NS(=O)(=O)c1cccs1)c1ccccc1. The average molecular weight is 421 g/mol. The molecule has 140 valence electrons. The highest BCUT2D eigenvalue weighted by Gasteiger charge is 2.28. The first kappa shape index (κ1) is 19.6. The predicted molar refractivity (Wildman–Crippen MR) is 109 cm³/mol. The summed E-state index contributed by atoms with van der Waals surface area (Å²) >= 11 is 7.19. The van der Waals surface area contributed by atoms with E-state index in [0.717, 1.165) is 11.3 Å². The number of carbonyl (C=O) groups is 1. The Labute approximate surface area is 167 Å². The number of sulfonamides is 1. The number of anilines is 1. The van der Waals surface area contributed by atoms with Crippen LogP contribution in [0.4, 0.5) is 5.69 Å². The minimum atomic E-state index is -3.84. The fourth-order valence-corrected chi connectivity index (χ4v) is 4.86. The lowest BCUT2D eigenvalue weighted by Gasteiger charge is -2.19. The van der Waals surface area contributed by atoms with Crippen molar-refractivity contribution in [3.63, 3.8) is 0 Å². The van der Waals surface area contributed by atoms with Crippen LogP contribution >= 0.6 is 22.9 Å². The summed E-state index contributed by atoms with van der Waals surface area (Å²) in [4.78, 5) is 12.9. The second-order valence-corrected chi connectivity index (χ2v) is 9.09. The zero-order valence-corrected chi connectivity index (χ0v) is 16.7. The lowest BCUT2D eigenvalue weighted by Crippen LogP contribution is -2.36. The largest absolute Gasteiger partial charge is 0.324 e. The van der Waals surface area contributed by atoms with E-state index in [1.54, 1.807) is 66.9 Å². The van der Waals surface area contributed by atoms with E-state index < -0.39 is 22.0 Å². The van der Waals surface area contributed by atoms with E-state index in [4.69, 9.17) is 11.6 Å².